The van der Waals surface area contributed by atoms with Gasteiger partial charge in [-0.25, -0.2) is 22.5 Å². The van der Waals surface area contributed by atoms with E-state index in [1.807, 2.05) is 6.07 Å². The number of alkyl halides is 2. The highest BCUT2D eigenvalue weighted by Gasteiger charge is 2.25. The van der Waals surface area contributed by atoms with E-state index in [4.69, 9.17) is 11.5 Å². The first-order valence-electron chi connectivity index (χ1n) is 10.5. The van der Waals surface area contributed by atoms with Gasteiger partial charge in [-0.2, -0.15) is 15.2 Å². The van der Waals surface area contributed by atoms with Gasteiger partial charge in [0.25, 0.3) is 12.0 Å². The van der Waals surface area contributed by atoms with E-state index in [2.05, 4.69) is 20.3 Å². The molecule has 0 saturated heterocycles. The number of halogens is 4. The molecule has 2 heterocycles. The number of nitriles is 1. The zero-order valence-electron chi connectivity index (χ0n) is 18.6. The lowest BCUT2D eigenvalue weighted by atomic mass is 10.1. The fraction of sp³-hybridized carbons (Fsp3) is 0.174. The SMILES string of the molecule is CCC(Nc1nc(N)nc(N)c1C#N)c1nc2cccc(C(F)F)c2c(=O)n1-c1cc(F)cc(F)c1. The van der Waals surface area contributed by atoms with E-state index in [1.165, 1.54) is 12.1 Å². The van der Waals surface area contributed by atoms with Crippen LogP contribution in [0.1, 0.15) is 42.8 Å². The van der Waals surface area contributed by atoms with Gasteiger partial charge in [-0.1, -0.05) is 19.1 Å². The third-order valence-corrected chi connectivity index (χ3v) is 5.39. The van der Waals surface area contributed by atoms with Crippen LogP contribution in [-0.4, -0.2) is 19.5 Å². The van der Waals surface area contributed by atoms with Crippen LogP contribution in [0.4, 0.5) is 35.1 Å². The fourth-order valence-corrected chi connectivity index (χ4v) is 3.83. The number of hydrogen-bond acceptors (Lipinski definition) is 8. The van der Waals surface area contributed by atoms with E-state index < -0.39 is 40.6 Å². The molecule has 1 unspecified atom stereocenters. The average Bonchev–Trinajstić information content (AvgIpc) is 2.81. The second-order valence-corrected chi connectivity index (χ2v) is 7.69. The van der Waals surface area contributed by atoms with Crippen molar-refractivity contribution in [3.8, 4) is 11.8 Å². The van der Waals surface area contributed by atoms with Crippen molar-refractivity contribution in [1.29, 1.82) is 5.26 Å². The average molecular weight is 498 g/mol. The normalized spacial score (nSPS) is 12.0. The van der Waals surface area contributed by atoms with Crippen molar-refractivity contribution >= 4 is 28.5 Å². The highest BCUT2D eigenvalue weighted by molar-refractivity contribution is 5.82. The van der Waals surface area contributed by atoms with Crippen LogP contribution in [0.15, 0.2) is 41.2 Å². The first kappa shape index (κ1) is 24.4. The lowest BCUT2D eigenvalue weighted by Crippen LogP contribution is -2.29. The summed E-state index contributed by atoms with van der Waals surface area (Å²) in [5, 5.41) is 12.0. The summed E-state index contributed by atoms with van der Waals surface area (Å²) in [4.78, 5) is 25.7. The number of nitrogens with two attached hydrogens (primary N) is 2. The van der Waals surface area contributed by atoms with Gasteiger partial charge in [0.2, 0.25) is 5.95 Å². The van der Waals surface area contributed by atoms with E-state index in [-0.39, 0.29) is 46.6 Å². The van der Waals surface area contributed by atoms with Crippen molar-refractivity contribution in [3.63, 3.8) is 0 Å². The number of benzene rings is 2. The van der Waals surface area contributed by atoms with Gasteiger partial charge in [-0.3, -0.25) is 9.36 Å². The lowest BCUT2D eigenvalue weighted by Gasteiger charge is -2.23. The van der Waals surface area contributed by atoms with Gasteiger partial charge in [-0.15, -0.1) is 0 Å². The Bertz CT molecular complexity index is 1560. The number of fused-ring (bicyclic) bond motifs is 1. The van der Waals surface area contributed by atoms with Crippen LogP contribution in [0.5, 0.6) is 0 Å². The molecule has 13 heteroatoms. The smallest absolute Gasteiger partial charge is 0.266 e. The van der Waals surface area contributed by atoms with Gasteiger partial charge < -0.3 is 16.8 Å². The van der Waals surface area contributed by atoms with Crippen LogP contribution >= 0.6 is 0 Å². The van der Waals surface area contributed by atoms with Gasteiger partial charge in [-0.05, 0) is 24.6 Å². The minimum atomic E-state index is -3.00. The molecule has 5 N–H and O–H groups in total. The number of anilines is 3. The van der Waals surface area contributed by atoms with Crippen LogP contribution in [0.3, 0.4) is 0 Å². The molecular formula is C23H18F4N8O. The maximum Gasteiger partial charge on any atom is 0.266 e. The van der Waals surface area contributed by atoms with Crippen molar-refractivity contribution in [1.82, 2.24) is 19.5 Å². The fourth-order valence-electron chi connectivity index (χ4n) is 3.83. The third-order valence-electron chi connectivity index (χ3n) is 5.39. The van der Waals surface area contributed by atoms with Gasteiger partial charge in [0.15, 0.2) is 5.82 Å². The van der Waals surface area contributed by atoms with Crippen LogP contribution in [0.2, 0.25) is 0 Å². The molecule has 9 nitrogen and oxygen atoms in total. The van der Waals surface area contributed by atoms with E-state index in [1.54, 1.807) is 6.92 Å². The van der Waals surface area contributed by atoms with E-state index in [9.17, 15) is 27.6 Å². The molecule has 4 rings (SSSR count). The van der Waals surface area contributed by atoms with Crippen LogP contribution < -0.4 is 22.3 Å². The molecule has 1 atom stereocenters. The van der Waals surface area contributed by atoms with E-state index in [0.29, 0.717) is 6.07 Å². The second-order valence-electron chi connectivity index (χ2n) is 7.69. The Morgan fingerprint density at radius 1 is 1.11 bits per heavy atom. The highest BCUT2D eigenvalue weighted by atomic mass is 19.3. The predicted molar refractivity (Wildman–Crippen MR) is 124 cm³/mol. The van der Waals surface area contributed by atoms with Crippen LogP contribution in [0.25, 0.3) is 16.6 Å². The molecule has 36 heavy (non-hydrogen) atoms. The third kappa shape index (κ3) is 4.36. The van der Waals surface area contributed by atoms with Crippen molar-refractivity contribution < 1.29 is 17.6 Å². The molecule has 2 aromatic carbocycles. The number of nitrogens with one attached hydrogen (secondary N) is 1. The molecule has 0 amide bonds. The van der Waals surface area contributed by atoms with Crippen molar-refractivity contribution in [2.45, 2.75) is 25.8 Å². The molecule has 0 saturated carbocycles. The molecule has 184 valence electrons. The summed E-state index contributed by atoms with van der Waals surface area (Å²) < 4.78 is 56.6. The second kappa shape index (κ2) is 9.49. The zero-order chi connectivity index (χ0) is 26.1. The first-order chi connectivity index (χ1) is 17.1. The minimum absolute atomic E-state index is 0.0524. The quantitative estimate of drug-likeness (QED) is 0.338. The summed E-state index contributed by atoms with van der Waals surface area (Å²) in [5.41, 5.74) is 9.44. The van der Waals surface area contributed by atoms with Gasteiger partial charge in [0.1, 0.15) is 34.9 Å². The molecule has 0 aliphatic carbocycles. The molecule has 4 aromatic rings. The lowest BCUT2D eigenvalue weighted by molar-refractivity contribution is 0.153. The van der Waals surface area contributed by atoms with Crippen LogP contribution in [0, 0.1) is 23.0 Å². The molecule has 0 bridgehead atoms. The molecule has 0 radical (unpaired) electrons. The summed E-state index contributed by atoms with van der Waals surface area (Å²) in [6.45, 7) is 1.69. The Morgan fingerprint density at radius 2 is 1.81 bits per heavy atom. The predicted octanol–water partition coefficient (Wildman–Crippen LogP) is 3.99. The molecule has 0 aliphatic heterocycles. The highest BCUT2D eigenvalue weighted by Crippen LogP contribution is 2.30. The summed E-state index contributed by atoms with van der Waals surface area (Å²) >= 11 is 0. The molecular weight excluding hydrogens is 480 g/mol. The minimum Gasteiger partial charge on any atom is -0.382 e. The Hall–Kier alpha value is -4.73. The number of nitrogen functional groups attached to an aromatic ring is 2. The van der Waals surface area contributed by atoms with Crippen molar-refractivity contribution in [2.24, 2.45) is 0 Å². The summed E-state index contributed by atoms with van der Waals surface area (Å²) in [6, 6.07) is 7.07. The largest absolute Gasteiger partial charge is 0.382 e. The Morgan fingerprint density at radius 3 is 2.42 bits per heavy atom. The maximum atomic E-state index is 14.1. The summed E-state index contributed by atoms with van der Waals surface area (Å²) in [6.07, 6.45) is -2.80. The molecule has 2 aromatic heterocycles. The maximum absolute atomic E-state index is 14.1. The number of hydrogen-bond donors (Lipinski definition) is 3. The number of rotatable bonds is 6. The van der Waals surface area contributed by atoms with Crippen LogP contribution in [-0.2, 0) is 0 Å². The van der Waals surface area contributed by atoms with Gasteiger partial charge >= 0.3 is 0 Å². The molecule has 0 aliphatic rings. The topological polar surface area (TPSA) is 149 Å². The van der Waals surface area contributed by atoms with Gasteiger partial charge in [0.05, 0.1) is 22.6 Å². The van der Waals surface area contributed by atoms with E-state index in [0.717, 1.165) is 22.8 Å². The van der Waals surface area contributed by atoms with E-state index >= 15 is 0 Å². The number of aromatic nitrogens is 4. The number of nitrogens with zero attached hydrogens (tertiary/aromatic N) is 5. The first-order valence-corrected chi connectivity index (χ1v) is 10.5. The molecule has 0 spiro atoms. The van der Waals surface area contributed by atoms with Gasteiger partial charge in [0, 0.05) is 11.6 Å². The van der Waals surface area contributed by atoms with Crippen molar-refractivity contribution in [3.05, 3.63) is 75.3 Å². The zero-order valence-corrected chi connectivity index (χ0v) is 18.6. The van der Waals surface area contributed by atoms with Crippen molar-refractivity contribution in [2.75, 3.05) is 16.8 Å². The molecule has 0 fully saturated rings. The Labute approximate surface area is 201 Å². The standard InChI is InChI=1S/C23H18F4N8O/c1-2-15(31-20-14(9-28)19(29)33-23(30)34-20)21-32-16-5-3-4-13(18(26)27)17(16)22(36)35(21)12-7-10(24)6-11(25)8-12/h3-8,15,18H,2H2,1H3,(H5,29,30,31,33,34). The Balaban J connectivity index is 2.04. The Kier molecular flexibility index (Phi) is 6.43. The summed E-state index contributed by atoms with van der Waals surface area (Å²) in [5.74, 6) is -2.56. The summed E-state index contributed by atoms with van der Waals surface area (Å²) in [7, 11) is 0. The monoisotopic (exact) mass is 498 g/mol.